The highest BCUT2D eigenvalue weighted by atomic mass is 19.1. The first-order chi connectivity index (χ1) is 7.08. The van der Waals surface area contributed by atoms with E-state index in [9.17, 15) is 9.18 Å². The van der Waals surface area contributed by atoms with Crippen LogP contribution in [0.1, 0.15) is 5.56 Å². The molecule has 0 aliphatic heterocycles. The lowest BCUT2D eigenvalue weighted by molar-refractivity contribution is 0.618. The second kappa shape index (κ2) is 3.34. The van der Waals surface area contributed by atoms with Crippen molar-refractivity contribution < 1.29 is 4.39 Å². The van der Waals surface area contributed by atoms with Crippen LogP contribution >= 0.6 is 0 Å². The average Bonchev–Trinajstić information content (AvgIpc) is 2.52. The molecule has 4 nitrogen and oxygen atoms in total. The van der Waals surface area contributed by atoms with E-state index in [1.54, 1.807) is 26.1 Å². The first kappa shape index (κ1) is 9.64. The number of aryl methyl sites for hydroxylation is 2. The first-order valence-corrected chi connectivity index (χ1v) is 4.48. The van der Waals surface area contributed by atoms with E-state index in [4.69, 9.17) is 0 Å². The number of hydrogen-bond donors (Lipinski definition) is 1. The number of benzene rings is 1. The molecule has 0 aliphatic carbocycles. The lowest BCUT2D eigenvalue weighted by Crippen LogP contribution is -2.13. The van der Waals surface area contributed by atoms with Gasteiger partial charge < -0.3 is 0 Å². The molecule has 0 saturated carbocycles. The summed E-state index contributed by atoms with van der Waals surface area (Å²) in [6.07, 6.45) is 0. The smallest absolute Gasteiger partial charge is 0.289 e. The summed E-state index contributed by atoms with van der Waals surface area (Å²) in [5.41, 5.74) is 0.942. The number of aromatic nitrogens is 3. The fraction of sp³-hybridized carbons (Fsp3) is 0.200. The van der Waals surface area contributed by atoms with Crippen LogP contribution in [0, 0.1) is 12.7 Å². The molecule has 0 bridgehead atoms. The van der Waals surface area contributed by atoms with Crippen LogP contribution in [-0.4, -0.2) is 14.8 Å². The molecule has 0 amide bonds. The number of halogens is 1. The normalized spacial score (nSPS) is 10.6. The predicted molar refractivity (Wildman–Crippen MR) is 54.0 cm³/mol. The summed E-state index contributed by atoms with van der Waals surface area (Å²) in [4.78, 5) is 13.7. The zero-order valence-corrected chi connectivity index (χ0v) is 8.41. The van der Waals surface area contributed by atoms with Gasteiger partial charge in [0.25, 0.3) is 0 Å². The monoisotopic (exact) mass is 207 g/mol. The van der Waals surface area contributed by atoms with Gasteiger partial charge in [0, 0.05) is 12.6 Å². The minimum Gasteiger partial charge on any atom is -0.289 e. The number of hydrogen-bond acceptors (Lipinski definition) is 2. The summed E-state index contributed by atoms with van der Waals surface area (Å²) < 4.78 is 14.2. The van der Waals surface area contributed by atoms with Gasteiger partial charge in [-0.15, -0.1) is 0 Å². The zero-order chi connectivity index (χ0) is 11.0. The lowest BCUT2D eigenvalue weighted by atomic mass is 10.1. The molecule has 78 valence electrons. The Bertz CT molecular complexity index is 556. The molecule has 0 atom stereocenters. The third-order valence-electron chi connectivity index (χ3n) is 2.20. The number of nitrogens with one attached hydrogen (secondary N) is 1. The van der Waals surface area contributed by atoms with Gasteiger partial charge in [-0.25, -0.2) is 13.9 Å². The van der Waals surface area contributed by atoms with Crippen molar-refractivity contribution >= 4 is 0 Å². The van der Waals surface area contributed by atoms with Crippen molar-refractivity contribution in [3.05, 3.63) is 40.1 Å². The maximum Gasteiger partial charge on any atom is 0.343 e. The fourth-order valence-electron chi connectivity index (χ4n) is 1.32. The average molecular weight is 207 g/mol. The molecule has 1 N–H and O–H groups in total. The fourth-order valence-corrected chi connectivity index (χ4v) is 1.32. The Morgan fingerprint density at radius 2 is 2.20 bits per heavy atom. The quantitative estimate of drug-likeness (QED) is 0.764. The molecule has 0 spiro atoms. The van der Waals surface area contributed by atoms with Gasteiger partial charge in [0.1, 0.15) is 5.82 Å². The van der Waals surface area contributed by atoms with E-state index in [0.717, 1.165) is 0 Å². The largest absolute Gasteiger partial charge is 0.343 e. The summed E-state index contributed by atoms with van der Waals surface area (Å²) in [6.45, 7) is 1.67. The molecule has 0 aliphatic rings. The van der Waals surface area contributed by atoms with Gasteiger partial charge >= 0.3 is 5.69 Å². The molecule has 2 rings (SSSR count). The van der Waals surface area contributed by atoms with Gasteiger partial charge in [0.2, 0.25) is 0 Å². The van der Waals surface area contributed by atoms with Gasteiger partial charge in [-0.3, -0.25) is 4.98 Å². The number of H-pyrrole nitrogens is 1. The SMILES string of the molecule is Cc1cc(-c2nn(C)c(=O)[nH]2)ccc1F. The van der Waals surface area contributed by atoms with E-state index >= 15 is 0 Å². The standard InChI is InChI=1S/C10H10FN3O/c1-6-5-7(3-4-8(6)11)9-12-10(15)14(2)13-9/h3-5H,1-2H3,(H,12,13,15). The molecule has 0 unspecified atom stereocenters. The van der Waals surface area contributed by atoms with Gasteiger partial charge in [0.15, 0.2) is 5.82 Å². The maximum absolute atomic E-state index is 13.0. The number of rotatable bonds is 1. The van der Waals surface area contributed by atoms with Crippen molar-refractivity contribution in [1.29, 1.82) is 0 Å². The highest BCUT2D eigenvalue weighted by Gasteiger charge is 2.06. The predicted octanol–water partition coefficient (Wildman–Crippen LogP) is 1.22. The summed E-state index contributed by atoms with van der Waals surface area (Å²) in [7, 11) is 1.55. The van der Waals surface area contributed by atoms with Gasteiger partial charge in [-0.05, 0) is 30.7 Å². The Labute approximate surface area is 85.4 Å². The maximum atomic E-state index is 13.0. The second-order valence-electron chi connectivity index (χ2n) is 3.37. The first-order valence-electron chi connectivity index (χ1n) is 4.48. The van der Waals surface area contributed by atoms with Crippen molar-refractivity contribution in [3.8, 4) is 11.4 Å². The van der Waals surface area contributed by atoms with Crippen molar-refractivity contribution in [2.45, 2.75) is 6.92 Å². The highest BCUT2D eigenvalue weighted by molar-refractivity contribution is 5.55. The Kier molecular flexibility index (Phi) is 2.15. The van der Waals surface area contributed by atoms with Crippen LogP contribution < -0.4 is 5.69 Å². The van der Waals surface area contributed by atoms with Crippen LogP contribution in [0.4, 0.5) is 4.39 Å². The Morgan fingerprint density at radius 1 is 1.47 bits per heavy atom. The number of nitrogens with zero attached hydrogens (tertiary/aromatic N) is 2. The van der Waals surface area contributed by atoms with Crippen LogP contribution in [-0.2, 0) is 7.05 Å². The topological polar surface area (TPSA) is 50.7 Å². The van der Waals surface area contributed by atoms with Crippen LogP contribution in [0.5, 0.6) is 0 Å². The third kappa shape index (κ3) is 1.68. The Balaban J connectivity index is 2.54. The van der Waals surface area contributed by atoms with E-state index in [2.05, 4.69) is 10.1 Å². The van der Waals surface area contributed by atoms with Crippen LogP contribution in [0.2, 0.25) is 0 Å². The molecular weight excluding hydrogens is 197 g/mol. The minimum absolute atomic E-state index is 0.267. The van der Waals surface area contributed by atoms with E-state index < -0.39 is 0 Å². The summed E-state index contributed by atoms with van der Waals surface area (Å²) in [6, 6.07) is 4.59. The van der Waals surface area contributed by atoms with Crippen molar-refractivity contribution in [3.63, 3.8) is 0 Å². The molecule has 2 aromatic rings. The molecular formula is C10H10FN3O. The third-order valence-corrected chi connectivity index (χ3v) is 2.20. The summed E-state index contributed by atoms with van der Waals surface area (Å²) in [5.74, 6) is 0.183. The molecule has 1 aromatic carbocycles. The van der Waals surface area contributed by atoms with Gasteiger partial charge in [-0.2, -0.15) is 5.10 Å². The molecule has 15 heavy (non-hydrogen) atoms. The van der Waals surface area contributed by atoms with Gasteiger partial charge in [-0.1, -0.05) is 0 Å². The van der Waals surface area contributed by atoms with E-state index in [1.165, 1.54) is 10.7 Å². The van der Waals surface area contributed by atoms with Crippen LogP contribution in [0.15, 0.2) is 23.0 Å². The van der Waals surface area contributed by atoms with E-state index in [1.807, 2.05) is 0 Å². The van der Waals surface area contributed by atoms with Crippen molar-refractivity contribution in [2.24, 2.45) is 7.05 Å². The minimum atomic E-state index is -0.285. The molecule has 0 saturated heterocycles. The molecule has 1 heterocycles. The van der Waals surface area contributed by atoms with Crippen LogP contribution in [0.3, 0.4) is 0 Å². The molecule has 5 heteroatoms. The zero-order valence-electron chi connectivity index (χ0n) is 8.41. The molecule has 0 fully saturated rings. The molecule has 1 aromatic heterocycles. The van der Waals surface area contributed by atoms with Crippen LogP contribution in [0.25, 0.3) is 11.4 Å². The second-order valence-corrected chi connectivity index (χ2v) is 3.37. The summed E-state index contributed by atoms with van der Waals surface area (Å²) >= 11 is 0. The Hall–Kier alpha value is -1.91. The molecule has 0 radical (unpaired) electrons. The number of aromatic amines is 1. The highest BCUT2D eigenvalue weighted by Crippen LogP contribution is 2.16. The lowest BCUT2D eigenvalue weighted by Gasteiger charge is -1.99. The van der Waals surface area contributed by atoms with Crippen molar-refractivity contribution in [2.75, 3.05) is 0 Å². The van der Waals surface area contributed by atoms with E-state index in [-0.39, 0.29) is 11.5 Å². The Morgan fingerprint density at radius 3 is 2.73 bits per heavy atom. The van der Waals surface area contributed by atoms with Crippen molar-refractivity contribution in [1.82, 2.24) is 14.8 Å². The van der Waals surface area contributed by atoms with E-state index in [0.29, 0.717) is 17.0 Å². The summed E-state index contributed by atoms with van der Waals surface area (Å²) in [5, 5.41) is 3.98. The van der Waals surface area contributed by atoms with Gasteiger partial charge in [0.05, 0.1) is 0 Å².